The highest BCUT2D eigenvalue weighted by atomic mass is 19.2. The standard InChI is InChI=1S/C17H7F5N2O/c18-12-11(13(19)15(21)16(22)14(12)20)17(25)24-9(7-23)6-5-8-3-1-2-4-10(8)24/h1-6,9H. The average Bonchev–Trinajstić information content (AvgIpc) is 2.63. The summed E-state index contributed by atoms with van der Waals surface area (Å²) in [4.78, 5) is 13.3. The maximum absolute atomic E-state index is 13.9. The molecule has 0 saturated carbocycles. The second-order valence-electron chi connectivity index (χ2n) is 5.11. The zero-order chi connectivity index (χ0) is 18.3. The van der Waals surface area contributed by atoms with Crippen molar-refractivity contribution in [2.24, 2.45) is 0 Å². The number of anilines is 1. The van der Waals surface area contributed by atoms with E-state index in [9.17, 15) is 32.0 Å². The zero-order valence-electron chi connectivity index (χ0n) is 12.2. The Morgan fingerprint density at radius 1 is 0.960 bits per heavy atom. The van der Waals surface area contributed by atoms with Gasteiger partial charge in [-0.3, -0.25) is 9.69 Å². The number of hydrogen-bond donors (Lipinski definition) is 0. The van der Waals surface area contributed by atoms with E-state index in [0.717, 1.165) is 0 Å². The van der Waals surface area contributed by atoms with Gasteiger partial charge in [0.15, 0.2) is 23.3 Å². The summed E-state index contributed by atoms with van der Waals surface area (Å²) in [6.07, 6.45) is 2.80. The summed E-state index contributed by atoms with van der Waals surface area (Å²) in [5.41, 5.74) is -1.04. The molecule has 0 bridgehead atoms. The van der Waals surface area contributed by atoms with Crippen molar-refractivity contribution < 1.29 is 26.7 Å². The first kappa shape index (κ1) is 16.6. The van der Waals surface area contributed by atoms with Crippen LogP contribution < -0.4 is 4.90 Å². The Bertz CT molecular complexity index is 935. The van der Waals surface area contributed by atoms with Gasteiger partial charge < -0.3 is 0 Å². The second-order valence-corrected chi connectivity index (χ2v) is 5.11. The lowest BCUT2D eigenvalue weighted by atomic mass is 10.0. The third-order valence-corrected chi connectivity index (χ3v) is 3.71. The van der Waals surface area contributed by atoms with Gasteiger partial charge in [0, 0.05) is 0 Å². The van der Waals surface area contributed by atoms with E-state index in [0.29, 0.717) is 10.5 Å². The van der Waals surface area contributed by atoms with Crippen molar-refractivity contribution in [1.82, 2.24) is 0 Å². The molecule has 1 unspecified atom stereocenters. The van der Waals surface area contributed by atoms with Crippen molar-refractivity contribution in [2.75, 3.05) is 4.90 Å². The van der Waals surface area contributed by atoms with Gasteiger partial charge in [-0.25, -0.2) is 22.0 Å². The van der Waals surface area contributed by atoms with E-state index in [1.165, 1.54) is 24.3 Å². The molecule has 0 spiro atoms. The molecule has 0 aliphatic carbocycles. The van der Waals surface area contributed by atoms with Gasteiger partial charge in [-0.2, -0.15) is 5.26 Å². The normalized spacial score (nSPS) is 15.7. The molecule has 1 atom stereocenters. The van der Waals surface area contributed by atoms with Crippen LogP contribution in [0.3, 0.4) is 0 Å². The van der Waals surface area contributed by atoms with Crippen LogP contribution >= 0.6 is 0 Å². The lowest BCUT2D eigenvalue weighted by Crippen LogP contribution is -2.41. The lowest BCUT2D eigenvalue weighted by molar-refractivity contribution is 0.0973. The van der Waals surface area contributed by atoms with Crippen LogP contribution in [0.15, 0.2) is 30.3 Å². The van der Waals surface area contributed by atoms with Crippen molar-refractivity contribution in [3.8, 4) is 6.07 Å². The van der Waals surface area contributed by atoms with Crippen LogP contribution in [-0.2, 0) is 0 Å². The molecule has 0 saturated heterocycles. The molecular weight excluding hydrogens is 343 g/mol. The number of amides is 1. The van der Waals surface area contributed by atoms with Crippen LogP contribution in [0.4, 0.5) is 27.6 Å². The van der Waals surface area contributed by atoms with E-state index in [-0.39, 0.29) is 5.69 Å². The Morgan fingerprint density at radius 2 is 1.52 bits per heavy atom. The molecule has 1 heterocycles. The van der Waals surface area contributed by atoms with E-state index >= 15 is 0 Å². The van der Waals surface area contributed by atoms with Crippen molar-refractivity contribution in [1.29, 1.82) is 5.26 Å². The van der Waals surface area contributed by atoms with Crippen LogP contribution in [0, 0.1) is 40.4 Å². The summed E-state index contributed by atoms with van der Waals surface area (Å²) in [6, 6.07) is 6.56. The van der Waals surface area contributed by atoms with Gasteiger partial charge in [-0.15, -0.1) is 0 Å². The number of carbonyl (C=O) groups is 1. The molecule has 2 aromatic carbocycles. The Kier molecular flexibility index (Phi) is 4.00. The maximum atomic E-state index is 13.9. The predicted molar refractivity (Wildman–Crippen MR) is 77.9 cm³/mol. The van der Waals surface area contributed by atoms with Crippen molar-refractivity contribution in [3.05, 3.63) is 70.6 Å². The van der Waals surface area contributed by atoms with Crippen LogP contribution in [-0.4, -0.2) is 11.9 Å². The molecular formula is C17H7F5N2O. The van der Waals surface area contributed by atoms with E-state index < -0.39 is 46.6 Å². The first-order valence-electron chi connectivity index (χ1n) is 6.90. The van der Waals surface area contributed by atoms with Gasteiger partial charge in [0.25, 0.3) is 5.91 Å². The summed E-state index contributed by atoms with van der Waals surface area (Å²) in [7, 11) is 0. The Balaban J connectivity index is 2.22. The Labute approximate surface area is 138 Å². The number of carbonyl (C=O) groups excluding carboxylic acids is 1. The smallest absolute Gasteiger partial charge is 0.265 e. The molecule has 126 valence electrons. The summed E-state index contributed by atoms with van der Waals surface area (Å²) in [5, 5.41) is 9.18. The van der Waals surface area contributed by atoms with E-state index in [2.05, 4.69) is 0 Å². The quantitative estimate of drug-likeness (QED) is 0.444. The number of benzene rings is 2. The highest BCUT2D eigenvalue weighted by Crippen LogP contribution is 2.32. The SMILES string of the molecule is N#CC1C=Cc2ccccc2N1C(=O)c1c(F)c(F)c(F)c(F)c1F. The summed E-state index contributed by atoms with van der Waals surface area (Å²) < 4.78 is 67.8. The molecule has 0 fully saturated rings. The lowest BCUT2D eigenvalue weighted by Gasteiger charge is -2.30. The molecule has 1 aliphatic heterocycles. The minimum absolute atomic E-state index is 0.116. The van der Waals surface area contributed by atoms with Crippen molar-refractivity contribution in [2.45, 2.75) is 6.04 Å². The minimum atomic E-state index is -2.36. The molecule has 3 rings (SSSR count). The maximum Gasteiger partial charge on any atom is 0.265 e. The van der Waals surface area contributed by atoms with Gasteiger partial charge in [-0.05, 0) is 17.7 Å². The third kappa shape index (κ3) is 2.45. The third-order valence-electron chi connectivity index (χ3n) is 3.71. The minimum Gasteiger partial charge on any atom is -0.287 e. The largest absolute Gasteiger partial charge is 0.287 e. The molecule has 2 aromatic rings. The number of nitriles is 1. The second kappa shape index (κ2) is 6.02. The van der Waals surface area contributed by atoms with Gasteiger partial charge in [0.2, 0.25) is 5.82 Å². The van der Waals surface area contributed by atoms with Gasteiger partial charge in [0.05, 0.1) is 11.8 Å². The number of rotatable bonds is 1. The summed E-state index contributed by atoms with van der Waals surface area (Å²) >= 11 is 0. The number of halogens is 5. The molecule has 1 aliphatic rings. The van der Waals surface area contributed by atoms with Crippen LogP contribution in [0.5, 0.6) is 0 Å². The van der Waals surface area contributed by atoms with E-state index in [1.807, 2.05) is 0 Å². The molecule has 25 heavy (non-hydrogen) atoms. The molecule has 0 N–H and O–H groups in total. The fraction of sp³-hybridized carbons (Fsp3) is 0.0588. The van der Waals surface area contributed by atoms with Crippen LogP contribution in [0.1, 0.15) is 15.9 Å². The fourth-order valence-corrected chi connectivity index (χ4v) is 2.53. The predicted octanol–water partition coefficient (Wildman–Crippen LogP) is 3.95. The van der Waals surface area contributed by atoms with E-state index in [1.54, 1.807) is 18.2 Å². The first-order chi connectivity index (χ1) is 11.9. The first-order valence-corrected chi connectivity index (χ1v) is 6.90. The molecule has 3 nitrogen and oxygen atoms in total. The fourth-order valence-electron chi connectivity index (χ4n) is 2.53. The van der Waals surface area contributed by atoms with Crippen molar-refractivity contribution in [3.63, 3.8) is 0 Å². The number of fused-ring (bicyclic) bond motifs is 1. The topological polar surface area (TPSA) is 44.1 Å². The molecule has 0 aromatic heterocycles. The van der Waals surface area contributed by atoms with Gasteiger partial charge in [0.1, 0.15) is 11.6 Å². The Hall–Kier alpha value is -3.21. The number of nitrogens with zero attached hydrogens (tertiary/aromatic N) is 2. The van der Waals surface area contributed by atoms with E-state index in [4.69, 9.17) is 0 Å². The monoisotopic (exact) mass is 350 g/mol. The Morgan fingerprint density at radius 3 is 2.12 bits per heavy atom. The van der Waals surface area contributed by atoms with Crippen LogP contribution in [0.2, 0.25) is 0 Å². The van der Waals surface area contributed by atoms with Gasteiger partial charge >= 0.3 is 0 Å². The highest BCUT2D eigenvalue weighted by Gasteiger charge is 2.36. The molecule has 1 amide bonds. The number of para-hydroxylation sites is 1. The molecule has 0 radical (unpaired) electrons. The van der Waals surface area contributed by atoms with Crippen LogP contribution in [0.25, 0.3) is 6.08 Å². The van der Waals surface area contributed by atoms with Crippen molar-refractivity contribution >= 4 is 17.7 Å². The summed E-state index contributed by atoms with van der Waals surface area (Å²) in [5.74, 6) is -12.8. The van der Waals surface area contributed by atoms with Gasteiger partial charge in [-0.1, -0.05) is 24.3 Å². The average molecular weight is 350 g/mol. The summed E-state index contributed by atoms with van der Waals surface area (Å²) in [6.45, 7) is 0. The number of hydrogen-bond acceptors (Lipinski definition) is 2. The zero-order valence-corrected chi connectivity index (χ0v) is 12.2. The highest BCUT2D eigenvalue weighted by molar-refractivity contribution is 6.09. The molecule has 8 heteroatoms.